The second kappa shape index (κ2) is 6.65. The number of likely N-dealkylation sites (N-methyl/N-ethyl adjacent to an activating group) is 1. The molecule has 0 aliphatic carbocycles. The second-order valence-electron chi connectivity index (χ2n) is 5.40. The largest absolute Gasteiger partial charge is 0.508 e. The molecule has 0 saturated heterocycles. The van der Waals surface area contributed by atoms with Gasteiger partial charge in [0.15, 0.2) is 0 Å². The highest BCUT2D eigenvalue weighted by Gasteiger charge is 2.15. The number of hydrogen-bond donors (Lipinski definition) is 1. The zero-order valence-electron chi connectivity index (χ0n) is 12.6. The molecule has 1 aliphatic heterocycles. The Labute approximate surface area is 145 Å². The van der Waals surface area contributed by atoms with Crippen molar-refractivity contribution in [1.82, 2.24) is 0 Å². The van der Waals surface area contributed by atoms with Crippen molar-refractivity contribution in [3.63, 3.8) is 0 Å². The van der Waals surface area contributed by atoms with Crippen LogP contribution in [-0.2, 0) is 0 Å². The Balaban J connectivity index is 1.96. The first-order chi connectivity index (χ1) is 11.0. The molecule has 0 saturated carbocycles. The Bertz CT molecular complexity index is 800. The summed E-state index contributed by atoms with van der Waals surface area (Å²) < 4.78 is 0. The van der Waals surface area contributed by atoms with Crippen molar-refractivity contribution in [3.05, 3.63) is 63.6 Å². The Morgan fingerprint density at radius 1 is 1.09 bits per heavy atom. The molecule has 0 spiro atoms. The van der Waals surface area contributed by atoms with E-state index in [2.05, 4.69) is 9.89 Å². The molecule has 23 heavy (non-hydrogen) atoms. The standard InChI is InChI=1S/C18H16Cl2N2O/c1-22-9-8-21-17(14-5-4-13(23)11-18(14)22)7-3-12-2-6-15(19)16(20)10-12/h2-7,10-11,23H,8-9H2,1H3/b7-3+. The average Bonchev–Trinajstić information content (AvgIpc) is 2.68. The molecule has 0 radical (unpaired) electrons. The molecule has 5 heteroatoms. The van der Waals surface area contributed by atoms with Crippen LogP contribution < -0.4 is 4.90 Å². The normalized spacial score (nSPS) is 14.6. The number of halogens is 2. The van der Waals surface area contributed by atoms with Crippen molar-refractivity contribution in [2.24, 2.45) is 4.99 Å². The van der Waals surface area contributed by atoms with Crippen LogP contribution in [0.25, 0.3) is 6.08 Å². The number of benzene rings is 2. The van der Waals surface area contributed by atoms with Crippen molar-refractivity contribution in [2.45, 2.75) is 0 Å². The average molecular weight is 347 g/mol. The van der Waals surface area contributed by atoms with E-state index in [9.17, 15) is 5.11 Å². The maximum Gasteiger partial charge on any atom is 0.117 e. The number of aromatic hydroxyl groups is 1. The number of phenols is 1. The first kappa shape index (κ1) is 15.9. The van der Waals surface area contributed by atoms with Gasteiger partial charge in [-0.05, 0) is 35.9 Å². The zero-order chi connectivity index (χ0) is 16.4. The van der Waals surface area contributed by atoms with E-state index in [1.807, 2.05) is 37.4 Å². The number of nitrogens with zero attached hydrogens (tertiary/aromatic N) is 2. The molecule has 2 aromatic rings. The number of aliphatic imine (C=N–C) groups is 1. The van der Waals surface area contributed by atoms with Crippen LogP contribution in [0, 0.1) is 0 Å². The van der Waals surface area contributed by atoms with E-state index in [1.165, 1.54) is 0 Å². The quantitative estimate of drug-likeness (QED) is 0.858. The molecule has 1 N–H and O–H groups in total. The monoisotopic (exact) mass is 346 g/mol. The van der Waals surface area contributed by atoms with Crippen LogP contribution in [-0.4, -0.2) is 31.0 Å². The predicted octanol–water partition coefficient (Wildman–Crippen LogP) is 4.65. The van der Waals surface area contributed by atoms with Crippen LogP contribution >= 0.6 is 23.2 Å². The topological polar surface area (TPSA) is 35.8 Å². The molecule has 0 aromatic heterocycles. The molecule has 0 bridgehead atoms. The lowest BCUT2D eigenvalue weighted by Crippen LogP contribution is -2.20. The van der Waals surface area contributed by atoms with E-state index < -0.39 is 0 Å². The summed E-state index contributed by atoms with van der Waals surface area (Å²) in [7, 11) is 2.00. The molecule has 3 rings (SSSR count). The van der Waals surface area contributed by atoms with Gasteiger partial charge in [0, 0.05) is 30.9 Å². The molecule has 3 nitrogen and oxygen atoms in total. The van der Waals surface area contributed by atoms with Gasteiger partial charge in [-0.25, -0.2) is 0 Å². The van der Waals surface area contributed by atoms with Gasteiger partial charge in [0.05, 0.1) is 22.3 Å². The summed E-state index contributed by atoms with van der Waals surface area (Å²) >= 11 is 12.0. The molecule has 118 valence electrons. The van der Waals surface area contributed by atoms with Crippen molar-refractivity contribution >= 4 is 40.7 Å². The summed E-state index contributed by atoms with van der Waals surface area (Å²) in [4.78, 5) is 6.74. The van der Waals surface area contributed by atoms with Crippen LogP contribution in [0.4, 0.5) is 5.69 Å². The number of hydrogen-bond acceptors (Lipinski definition) is 3. The van der Waals surface area contributed by atoms with Crippen LogP contribution in [0.2, 0.25) is 10.0 Å². The van der Waals surface area contributed by atoms with Gasteiger partial charge in [0.25, 0.3) is 0 Å². The number of rotatable bonds is 2. The molecule has 0 amide bonds. The van der Waals surface area contributed by atoms with Gasteiger partial charge in [0.2, 0.25) is 0 Å². The Hall–Kier alpha value is -1.97. The number of benzodiazepines with no additional fused rings is 1. The first-order valence-corrected chi connectivity index (χ1v) is 8.02. The predicted molar refractivity (Wildman–Crippen MR) is 98.3 cm³/mol. The highest BCUT2D eigenvalue weighted by atomic mass is 35.5. The third-order valence-corrected chi connectivity index (χ3v) is 4.50. The lowest BCUT2D eigenvalue weighted by Gasteiger charge is -2.19. The van der Waals surface area contributed by atoms with E-state index in [1.54, 1.807) is 18.2 Å². The van der Waals surface area contributed by atoms with E-state index in [0.717, 1.165) is 29.1 Å². The molecule has 0 unspecified atom stereocenters. The summed E-state index contributed by atoms with van der Waals surface area (Å²) in [6.07, 6.45) is 3.93. The maximum atomic E-state index is 9.74. The fourth-order valence-corrected chi connectivity index (χ4v) is 2.82. The summed E-state index contributed by atoms with van der Waals surface area (Å²) in [6.45, 7) is 1.51. The van der Waals surface area contributed by atoms with Gasteiger partial charge in [-0.1, -0.05) is 35.3 Å². The minimum atomic E-state index is 0.255. The van der Waals surface area contributed by atoms with Gasteiger partial charge in [-0.2, -0.15) is 0 Å². The van der Waals surface area contributed by atoms with Crippen molar-refractivity contribution < 1.29 is 5.11 Å². The lowest BCUT2D eigenvalue weighted by atomic mass is 10.1. The molecular formula is C18H16Cl2N2O. The van der Waals surface area contributed by atoms with Gasteiger partial charge < -0.3 is 10.0 Å². The third kappa shape index (κ3) is 3.52. The van der Waals surface area contributed by atoms with Crippen LogP contribution in [0.5, 0.6) is 5.75 Å². The lowest BCUT2D eigenvalue weighted by molar-refractivity contribution is 0.475. The molecule has 1 heterocycles. The number of allylic oxidation sites excluding steroid dienone is 1. The number of anilines is 1. The first-order valence-electron chi connectivity index (χ1n) is 7.27. The van der Waals surface area contributed by atoms with Gasteiger partial charge in [-0.15, -0.1) is 0 Å². The van der Waals surface area contributed by atoms with Gasteiger partial charge in [0.1, 0.15) is 5.75 Å². The molecular weight excluding hydrogens is 331 g/mol. The summed E-state index contributed by atoms with van der Waals surface area (Å²) in [5, 5.41) is 10.8. The second-order valence-corrected chi connectivity index (χ2v) is 6.21. The molecule has 2 aromatic carbocycles. The van der Waals surface area contributed by atoms with Gasteiger partial charge in [-0.3, -0.25) is 4.99 Å². The minimum absolute atomic E-state index is 0.255. The van der Waals surface area contributed by atoms with Crippen LogP contribution in [0.15, 0.2) is 47.5 Å². The SMILES string of the molecule is CN1CCN=C(/C=C/c2ccc(Cl)c(Cl)c2)c2ccc(O)cc21. The Morgan fingerprint density at radius 2 is 1.91 bits per heavy atom. The zero-order valence-corrected chi connectivity index (χ0v) is 14.1. The van der Waals surface area contributed by atoms with E-state index in [4.69, 9.17) is 23.2 Å². The minimum Gasteiger partial charge on any atom is -0.508 e. The van der Waals surface area contributed by atoms with Crippen LogP contribution in [0.1, 0.15) is 11.1 Å². The maximum absolute atomic E-state index is 9.74. The van der Waals surface area contributed by atoms with E-state index >= 15 is 0 Å². The smallest absolute Gasteiger partial charge is 0.117 e. The molecule has 0 atom stereocenters. The summed E-state index contributed by atoms with van der Waals surface area (Å²) in [6, 6.07) is 10.8. The summed E-state index contributed by atoms with van der Waals surface area (Å²) in [5.74, 6) is 0.255. The highest BCUT2D eigenvalue weighted by molar-refractivity contribution is 6.42. The van der Waals surface area contributed by atoms with E-state index in [0.29, 0.717) is 16.6 Å². The Morgan fingerprint density at radius 3 is 2.70 bits per heavy atom. The fraction of sp³-hybridized carbons (Fsp3) is 0.167. The molecule has 1 aliphatic rings. The van der Waals surface area contributed by atoms with Gasteiger partial charge >= 0.3 is 0 Å². The Kier molecular flexibility index (Phi) is 4.60. The summed E-state index contributed by atoms with van der Waals surface area (Å²) in [5.41, 5.74) is 3.81. The third-order valence-electron chi connectivity index (χ3n) is 3.76. The highest BCUT2D eigenvalue weighted by Crippen LogP contribution is 2.28. The van der Waals surface area contributed by atoms with Crippen molar-refractivity contribution in [2.75, 3.05) is 25.0 Å². The number of fused-ring (bicyclic) bond motifs is 1. The number of phenolic OH excluding ortho intramolecular Hbond substituents is 1. The molecule has 0 fully saturated rings. The van der Waals surface area contributed by atoms with Crippen molar-refractivity contribution in [1.29, 1.82) is 0 Å². The van der Waals surface area contributed by atoms with Crippen LogP contribution in [0.3, 0.4) is 0 Å². The van der Waals surface area contributed by atoms with E-state index in [-0.39, 0.29) is 5.75 Å². The van der Waals surface area contributed by atoms with Crippen molar-refractivity contribution in [3.8, 4) is 5.75 Å². The fourth-order valence-electron chi connectivity index (χ4n) is 2.51.